The minimum atomic E-state index is 0.00769. The van der Waals surface area contributed by atoms with Crippen molar-refractivity contribution in [3.63, 3.8) is 0 Å². The zero-order valence-corrected chi connectivity index (χ0v) is 10.2. The van der Waals surface area contributed by atoms with Crippen molar-refractivity contribution in [1.29, 1.82) is 0 Å². The van der Waals surface area contributed by atoms with E-state index in [4.69, 9.17) is 9.47 Å². The van der Waals surface area contributed by atoms with Crippen LogP contribution in [0.15, 0.2) is 0 Å². The van der Waals surface area contributed by atoms with Crippen molar-refractivity contribution in [1.82, 2.24) is 0 Å². The Labute approximate surface area is 92.1 Å². The van der Waals surface area contributed by atoms with Gasteiger partial charge in [0.05, 0.1) is 12.2 Å². The average Bonchev–Trinajstić information content (AvgIpc) is 2.73. The van der Waals surface area contributed by atoms with Gasteiger partial charge in [-0.15, -0.1) is 0 Å². The van der Waals surface area contributed by atoms with E-state index >= 15 is 0 Å². The summed E-state index contributed by atoms with van der Waals surface area (Å²) in [6.45, 7) is 9.30. The van der Waals surface area contributed by atoms with Gasteiger partial charge in [0.2, 0.25) is 0 Å². The van der Waals surface area contributed by atoms with Crippen LogP contribution in [0.2, 0.25) is 0 Å². The smallest absolute Gasteiger partial charge is 0.135 e. The Morgan fingerprint density at radius 1 is 1.47 bits per heavy atom. The summed E-state index contributed by atoms with van der Waals surface area (Å²) in [5.41, 5.74) is 0.00769. The van der Waals surface area contributed by atoms with Crippen molar-refractivity contribution in [2.24, 2.45) is 5.92 Å². The van der Waals surface area contributed by atoms with Gasteiger partial charge in [0.1, 0.15) is 11.9 Å². The van der Waals surface area contributed by atoms with E-state index in [1.54, 1.807) is 0 Å². The summed E-state index contributed by atoms with van der Waals surface area (Å²) >= 11 is 0. The van der Waals surface area contributed by atoms with Gasteiger partial charge in [-0.2, -0.15) is 0 Å². The van der Waals surface area contributed by atoms with Crippen LogP contribution in [-0.2, 0) is 14.3 Å². The Hall–Kier alpha value is -0.410. The maximum absolute atomic E-state index is 11.3. The summed E-state index contributed by atoms with van der Waals surface area (Å²) in [4.78, 5) is 11.3. The molecule has 1 aliphatic heterocycles. The van der Waals surface area contributed by atoms with E-state index in [1.807, 2.05) is 13.8 Å². The molecule has 0 radical (unpaired) electrons. The lowest BCUT2D eigenvalue weighted by molar-refractivity contribution is -0.122. The van der Waals surface area contributed by atoms with Crippen LogP contribution in [0.5, 0.6) is 0 Å². The molecule has 3 nitrogen and oxygen atoms in total. The topological polar surface area (TPSA) is 38.8 Å². The lowest BCUT2D eigenvalue weighted by atomic mass is 10.1. The maximum Gasteiger partial charge on any atom is 0.135 e. The molecule has 15 heavy (non-hydrogen) atoms. The second kappa shape index (κ2) is 5.08. The number of hydrogen-bond acceptors (Lipinski definition) is 3. The zero-order valence-electron chi connectivity index (χ0n) is 10.2. The molecule has 0 aromatic carbocycles. The Morgan fingerprint density at radius 3 is 2.53 bits per heavy atom. The SMILES string of the molecule is CC(C)C(=O)CCCOCC1OC1(C)C. The molecule has 3 heteroatoms. The van der Waals surface area contributed by atoms with Crippen LogP contribution in [-0.4, -0.2) is 30.7 Å². The molecule has 0 bridgehead atoms. The first-order valence-electron chi connectivity index (χ1n) is 5.72. The van der Waals surface area contributed by atoms with Gasteiger partial charge in [-0.05, 0) is 20.3 Å². The molecule has 1 atom stereocenters. The third-order valence-corrected chi connectivity index (χ3v) is 2.79. The normalized spacial score (nSPS) is 23.1. The van der Waals surface area contributed by atoms with Crippen LogP contribution < -0.4 is 0 Å². The molecule has 1 fully saturated rings. The molecule has 0 aliphatic carbocycles. The Balaban J connectivity index is 1.92. The highest BCUT2D eigenvalue weighted by Crippen LogP contribution is 2.35. The lowest BCUT2D eigenvalue weighted by Crippen LogP contribution is -2.12. The summed E-state index contributed by atoms with van der Waals surface area (Å²) in [7, 11) is 0. The quantitative estimate of drug-likeness (QED) is 0.481. The summed E-state index contributed by atoms with van der Waals surface area (Å²) in [5.74, 6) is 0.470. The molecule has 0 amide bonds. The predicted octanol–water partition coefficient (Wildman–Crippen LogP) is 2.19. The number of hydrogen-bond donors (Lipinski definition) is 0. The van der Waals surface area contributed by atoms with E-state index in [0.717, 1.165) is 6.42 Å². The Bertz CT molecular complexity index is 221. The molecule has 0 aromatic heterocycles. The number of ketones is 1. The fourth-order valence-corrected chi connectivity index (χ4v) is 1.39. The standard InChI is InChI=1S/C12H22O3/c1-9(2)10(13)6-5-7-14-8-11-12(3,4)15-11/h9,11H,5-8H2,1-4H3. The Kier molecular flexibility index (Phi) is 4.29. The van der Waals surface area contributed by atoms with Gasteiger partial charge in [0.15, 0.2) is 0 Å². The number of Topliss-reactive ketones (excluding diaryl/α,β-unsaturated/α-hetero) is 1. The molecule has 1 rings (SSSR count). The van der Waals surface area contributed by atoms with Gasteiger partial charge in [-0.1, -0.05) is 13.8 Å². The molecule has 0 aromatic rings. The van der Waals surface area contributed by atoms with E-state index in [9.17, 15) is 4.79 Å². The second-order valence-electron chi connectivity index (χ2n) is 5.01. The minimum Gasteiger partial charge on any atom is -0.379 e. The molecule has 1 saturated heterocycles. The van der Waals surface area contributed by atoms with Gasteiger partial charge in [0.25, 0.3) is 0 Å². The Morgan fingerprint density at radius 2 is 2.07 bits per heavy atom. The summed E-state index contributed by atoms with van der Waals surface area (Å²) in [6, 6.07) is 0. The van der Waals surface area contributed by atoms with E-state index in [-0.39, 0.29) is 17.6 Å². The summed E-state index contributed by atoms with van der Waals surface area (Å²) < 4.78 is 10.8. The van der Waals surface area contributed by atoms with E-state index < -0.39 is 0 Å². The monoisotopic (exact) mass is 214 g/mol. The van der Waals surface area contributed by atoms with Crippen molar-refractivity contribution in [3.05, 3.63) is 0 Å². The first kappa shape index (κ1) is 12.7. The van der Waals surface area contributed by atoms with Gasteiger partial charge in [-0.25, -0.2) is 0 Å². The molecule has 1 heterocycles. The molecule has 1 aliphatic rings. The zero-order chi connectivity index (χ0) is 11.5. The van der Waals surface area contributed by atoms with Gasteiger partial charge >= 0.3 is 0 Å². The van der Waals surface area contributed by atoms with E-state index in [2.05, 4.69) is 13.8 Å². The van der Waals surface area contributed by atoms with Crippen LogP contribution in [0.3, 0.4) is 0 Å². The lowest BCUT2D eigenvalue weighted by Gasteiger charge is -2.04. The van der Waals surface area contributed by atoms with Crippen molar-refractivity contribution < 1.29 is 14.3 Å². The molecule has 0 spiro atoms. The van der Waals surface area contributed by atoms with Crippen LogP contribution in [0.4, 0.5) is 0 Å². The highest BCUT2D eigenvalue weighted by Gasteiger charge is 2.47. The third kappa shape index (κ3) is 4.31. The van der Waals surface area contributed by atoms with Gasteiger partial charge in [0, 0.05) is 18.9 Å². The number of ether oxygens (including phenoxy) is 2. The first-order chi connectivity index (χ1) is 6.93. The predicted molar refractivity (Wildman–Crippen MR) is 58.9 cm³/mol. The third-order valence-electron chi connectivity index (χ3n) is 2.79. The second-order valence-corrected chi connectivity index (χ2v) is 5.01. The molecular formula is C12H22O3. The summed E-state index contributed by atoms with van der Waals surface area (Å²) in [6.07, 6.45) is 1.70. The van der Waals surface area contributed by atoms with Crippen LogP contribution >= 0.6 is 0 Å². The number of carbonyl (C=O) groups excluding carboxylic acids is 1. The molecule has 88 valence electrons. The first-order valence-corrected chi connectivity index (χ1v) is 5.72. The van der Waals surface area contributed by atoms with Crippen molar-refractivity contribution in [2.45, 2.75) is 52.2 Å². The molecule has 1 unspecified atom stereocenters. The highest BCUT2D eigenvalue weighted by molar-refractivity contribution is 5.80. The summed E-state index contributed by atoms with van der Waals surface area (Å²) in [5, 5.41) is 0. The van der Waals surface area contributed by atoms with Crippen molar-refractivity contribution >= 4 is 5.78 Å². The molecular weight excluding hydrogens is 192 g/mol. The van der Waals surface area contributed by atoms with Crippen LogP contribution in [0, 0.1) is 5.92 Å². The van der Waals surface area contributed by atoms with Crippen molar-refractivity contribution in [3.8, 4) is 0 Å². The van der Waals surface area contributed by atoms with E-state index in [1.165, 1.54) is 0 Å². The molecule has 0 N–H and O–H groups in total. The van der Waals surface area contributed by atoms with Gasteiger partial charge in [-0.3, -0.25) is 4.79 Å². The number of rotatable bonds is 7. The fraction of sp³-hybridized carbons (Fsp3) is 0.917. The maximum atomic E-state index is 11.3. The number of epoxide rings is 1. The fourth-order valence-electron chi connectivity index (χ4n) is 1.39. The number of carbonyl (C=O) groups is 1. The highest BCUT2D eigenvalue weighted by atomic mass is 16.6. The van der Waals surface area contributed by atoms with Gasteiger partial charge < -0.3 is 9.47 Å². The van der Waals surface area contributed by atoms with Crippen LogP contribution in [0.25, 0.3) is 0 Å². The largest absolute Gasteiger partial charge is 0.379 e. The van der Waals surface area contributed by atoms with Crippen LogP contribution in [0.1, 0.15) is 40.5 Å². The average molecular weight is 214 g/mol. The van der Waals surface area contributed by atoms with E-state index in [0.29, 0.717) is 25.4 Å². The minimum absolute atomic E-state index is 0.00769. The molecule has 0 saturated carbocycles. The van der Waals surface area contributed by atoms with Crippen molar-refractivity contribution in [2.75, 3.05) is 13.2 Å².